The molecule has 0 unspecified atom stereocenters. The molecule has 2 aromatic rings. The largest absolute Gasteiger partial charge is 0.481 e. The molecule has 0 heterocycles. The van der Waals surface area contributed by atoms with Crippen LogP contribution in [0.1, 0.15) is 52.1 Å². The normalized spacial score (nSPS) is 10.9. The molecule has 0 saturated heterocycles. The molecule has 0 aliphatic heterocycles. The minimum absolute atomic E-state index is 0.0472. The summed E-state index contributed by atoms with van der Waals surface area (Å²) in [5, 5.41) is 19.9. The van der Waals surface area contributed by atoms with Crippen LogP contribution in [0, 0.1) is 0 Å². The minimum Gasteiger partial charge on any atom is -0.481 e. The van der Waals surface area contributed by atoms with Gasteiger partial charge in [-0.1, -0.05) is 36.4 Å². The lowest BCUT2D eigenvalue weighted by Crippen LogP contribution is -2.42. The molecule has 2 rings (SSSR count). The van der Waals surface area contributed by atoms with Crippen LogP contribution in [-0.4, -0.2) is 47.3 Å². The van der Waals surface area contributed by atoms with E-state index in [9.17, 15) is 29.4 Å². The van der Waals surface area contributed by atoms with E-state index in [2.05, 4.69) is 0 Å². The summed E-state index contributed by atoms with van der Waals surface area (Å²) < 4.78 is 10.1. The molecule has 8 heteroatoms. The van der Waals surface area contributed by atoms with Crippen molar-refractivity contribution in [2.24, 2.45) is 0 Å². The molecule has 0 fully saturated rings. The third-order valence-corrected chi connectivity index (χ3v) is 4.55. The van der Waals surface area contributed by atoms with Crippen molar-refractivity contribution in [1.82, 2.24) is 0 Å². The van der Waals surface area contributed by atoms with Crippen LogP contribution in [-0.2, 0) is 24.5 Å². The molecule has 0 radical (unpaired) electrons. The third-order valence-electron chi connectivity index (χ3n) is 4.55. The maximum absolute atomic E-state index is 12.7. The summed E-state index contributed by atoms with van der Waals surface area (Å²) in [4.78, 5) is 49.5. The van der Waals surface area contributed by atoms with Crippen molar-refractivity contribution in [3.8, 4) is 0 Å². The highest BCUT2D eigenvalue weighted by Gasteiger charge is 2.48. The van der Waals surface area contributed by atoms with Crippen LogP contribution in [0.2, 0.25) is 0 Å². The van der Waals surface area contributed by atoms with Gasteiger partial charge in [0.05, 0.1) is 30.8 Å². The van der Waals surface area contributed by atoms with E-state index in [4.69, 9.17) is 9.47 Å². The number of ether oxygens (including phenoxy) is 2. The minimum atomic E-state index is -2.24. The molecule has 0 spiro atoms. The summed E-state index contributed by atoms with van der Waals surface area (Å²) >= 11 is 0. The molecule has 2 N–H and O–H groups in total. The fraction of sp³-hybridized carbons (Fsp3) is 0.273. The Balaban J connectivity index is 2.91. The standard InChI is InChI=1S/C22H22O8/c1-3-29-19(25)14-9-5-7-11-16(14)22(21(27)28,13-18(23)24)17-12-8-6-10-15(17)20(26)30-4-2/h5-12H,3-4,13H2,1-2H3,(H,23,24)(H,27,28). The Morgan fingerprint density at radius 1 is 0.767 bits per heavy atom. The predicted octanol–water partition coefficient (Wildman–Crippen LogP) is 2.89. The van der Waals surface area contributed by atoms with E-state index in [1.807, 2.05) is 0 Å². The highest BCUT2D eigenvalue weighted by atomic mass is 16.5. The smallest absolute Gasteiger partial charge is 0.338 e. The molecule has 0 bridgehead atoms. The van der Waals surface area contributed by atoms with Gasteiger partial charge in [-0.3, -0.25) is 9.59 Å². The van der Waals surface area contributed by atoms with E-state index in [1.54, 1.807) is 13.8 Å². The number of hydrogen-bond acceptors (Lipinski definition) is 6. The van der Waals surface area contributed by atoms with Crippen LogP contribution in [0.5, 0.6) is 0 Å². The summed E-state index contributed by atoms with van der Waals surface area (Å²) in [5.41, 5.74) is -2.60. The Kier molecular flexibility index (Phi) is 7.30. The number of aliphatic carboxylic acids is 2. The van der Waals surface area contributed by atoms with Crippen molar-refractivity contribution < 1.29 is 38.9 Å². The van der Waals surface area contributed by atoms with Crippen LogP contribution in [0.3, 0.4) is 0 Å². The van der Waals surface area contributed by atoms with Crippen LogP contribution < -0.4 is 0 Å². The molecular formula is C22H22O8. The predicted molar refractivity (Wildman–Crippen MR) is 105 cm³/mol. The average Bonchev–Trinajstić information content (AvgIpc) is 2.72. The molecule has 0 saturated carbocycles. The molecule has 0 atom stereocenters. The Morgan fingerprint density at radius 3 is 1.50 bits per heavy atom. The summed E-state index contributed by atoms with van der Waals surface area (Å²) in [7, 11) is 0. The molecule has 0 aromatic heterocycles. The second-order valence-electron chi connectivity index (χ2n) is 6.31. The van der Waals surface area contributed by atoms with E-state index < -0.39 is 35.7 Å². The Morgan fingerprint density at radius 2 is 1.17 bits per heavy atom. The fourth-order valence-electron chi connectivity index (χ4n) is 3.35. The van der Waals surface area contributed by atoms with Gasteiger partial charge in [-0.2, -0.15) is 0 Å². The zero-order valence-electron chi connectivity index (χ0n) is 16.6. The lowest BCUT2D eigenvalue weighted by atomic mass is 9.69. The zero-order chi connectivity index (χ0) is 22.3. The van der Waals surface area contributed by atoms with Crippen LogP contribution in [0.15, 0.2) is 48.5 Å². The fourth-order valence-corrected chi connectivity index (χ4v) is 3.35. The van der Waals surface area contributed by atoms with E-state index in [0.29, 0.717) is 0 Å². The van der Waals surface area contributed by atoms with Gasteiger partial charge in [-0.15, -0.1) is 0 Å². The summed E-state index contributed by atoms with van der Waals surface area (Å²) in [5.74, 6) is -4.54. The SMILES string of the molecule is CCOC(=O)c1ccccc1C(CC(=O)O)(C(=O)O)c1ccccc1C(=O)OCC. The molecule has 0 aliphatic carbocycles. The summed E-state index contributed by atoms with van der Waals surface area (Å²) in [6.07, 6.45) is -0.908. The molecule has 0 aliphatic rings. The van der Waals surface area contributed by atoms with Gasteiger partial charge in [0.1, 0.15) is 5.41 Å². The maximum Gasteiger partial charge on any atom is 0.338 e. The monoisotopic (exact) mass is 414 g/mol. The Hall–Kier alpha value is -3.68. The van der Waals surface area contributed by atoms with Gasteiger partial charge in [0, 0.05) is 0 Å². The molecular weight excluding hydrogens is 392 g/mol. The second kappa shape index (κ2) is 9.69. The first-order valence-electron chi connectivity index (χ1n) is 9.28. The van der Waals surface area contributed by atoms with Gasteiger partial charge in [0.2, 0.25) is 0 Å². The van der Waals surface area contributed by atoms with Crippen LogP contribution in [0.4, 0.5) is 0 Å². The Bertz CT molecular complexity index is 902. The van der Waals surface area contributed by atoms with Gasteiger partial charge in [0.15, 0.2) is 0 Å². The number of hydrogen-bond donors (Lipinski definition) is 2. The van der Waals surface area contributed by atoms with Crippen LogP contribution in [0.25, 0.3) is 0 Å². The number of rotatable bonds is 9. The second-order valence-corrected chi connectivity index (χ2v) is 6.31. The van der Waals surface area contributed by atoms with Crippen molar-refractivity contribution in [2.45, 2.75) is 25.7 Å². The van der Waals surface area contributed by atoms with E-state index in [-0.39, 0.29) is 35.5 Å². The molecule has 158 valence electrons. The first-order valence-corrected chi connectivity index (χ1v) is 9.28. The molecule has 0 amide bonds. The summed E-state index contributed by atoms with van der Waals surface area (Å²) in [6.45, 7) is 3.29. The number of carbonyl (C=O) groups is 4. The van der Waals surface area contributed by atoms with Gasteiger partial charge >= 0.3 is 23.9 Å². The number of benzene rings is 2. The molecule has 8 nitrogen and oxygen atoms in total. The van der Waals surface area contributed by atoms with Gasteiger partial charge in [0.25, 0.3) is 0 Å². The number of carboxylic acid groups (broad SMARTS) is 2. The van der Waals surface area contributed by atoms with Gasteiger partial charge in [-0.25, -0.2) is 9.59 Å². The molecule has 2 aromatic carbocycles. The first kappa shape index (κ1) is 22.6. The Labute approximate surface area is 173 Å². The zero-order valence-corrected chi connectivity index (χ0v) is 16.6. The summed E-state index contributed by atoms with van der Waals surface area (Å²) in [6, 6.07) is 11.4. The molecule has 30 heavy (non-hydrogen) atoms. The highest BCUT2D eigenvalue weighted by molar-refractivity contribution is 6.01. The van der Waals surface area contributed by atoms with E-state index in [0.717, 1.165) is 0 Å². The van der Waals surface area contributed by atoms with Crippen molar-refractivity contribution >= 4 is 23.9 Å². The quantitative estimate of drug-likeness (QED) is 0.600. The topological polar surface area (TPSA) is 127 Å². The van der Waals surface area contributed by atoms with Gasteiger partial charge < -0.3 is 19.7 Å². The van der Waals surface area contributed by atoms with Crippen molar-refractivity contribution in [1.29, 1.82) is 0 Å². The van der Waals surface area contributed by atoms with E-state index >= 15 is 0 Å². The van der Waals surface area contributed by atoms with E-state index in [1.165, 1.54) is 48.5 Å². The van der Waals surface area contributed by atoms with Crippen molar-refractivity contribution in [3.05, 3.63) is 70.8 Å². The lowest BCUT2D eigenvalue weighted by molar-refractivity contribution is -0.148. The van der Waals surface area contributed by atoms with Crippen molar-refractivity contribution in [2.75, 3.05) is 13.2 Å². The maximum atomic E-state index is 12.7. The average molecular weight is 414 g/mol. The third kappa shape index (κ3) is 4.32. The van der Waals surface area contributed by atoms with Crippen molar-refractivity contribution in [3.63, 3.8) is 0 Å². The van der Waals surface area contributed by atoms with Crippen LogP contribution >= 0.6 is 0 Å². The van der Waals surface area contributed by atoms with Gasteiger partial charge in [-0.05, 0) is 37.1 Å². The lowest BCUT2D eigenvalue weighted by Gasteiger charge is -2.32. The number of carboxylic acids is 2. The number of esters is 2. The first-order chi connectivity index (χ1) is 14.3. The highest BCUT2D eigenvalue weighted by Crippen LogP contribution is 2.40. The number of carbonyl (C=O) groups excluding carboxylic acids is 2.